The van der Waals surface area contributed by atoms with Gasteiger partial charge in [-0.15, -0.1) is 10.2 Å². The van der Waals surface area contributed by atoms with Crippen molar-refractivity contribution in [1.29, 1.82) is 0 Å². The van der Waals surface area contributed by atoms with E-state index in [1.54, 1.807) is 12.5 Å². The number of hydrogen-bond acceptors (Lipinski definition) is 7. The van der Waals surface area contributed by atoms with Crippen molar-refractivity contribution in [3.63, 3.8) is 0 Å². The van der Waals surface area contributed by atoms with Gasteiger partial charge in [0.2, 0.25) is 5.91 Å². The largest absolute Gasteiger partial charge is 0.376 e. The predicted molar refractivity (Wildman–Crippen MR) is 94.0 cm³/mol. The Labute approximate surface area is 151 Å². The molecule has 0 bridgehead atoms. The predicted octanol–water partition coefficient (Wildman–Crippen LogP) is 0.359. The zero-order chi connectivity index (χ0) is 17.8. The zero-order valence-electron chi connectivity index (χ0n) is 14.8. The maximum Gasteiger partial charge on any atom is 0.256 e. The molecule has 1 atom stereocenters. The Morgan fingerprint density at radius 1 is 1.27 bits per heavy atom. The van der Waals surface area contributed by atoms with Gasteiger partial charge in [-0.2, -0.15) is 0 Å². The summed E-state index contributed by atoms with van der Waals surface area (Å²) in [6, 6.07) is 1.95. The van der Waals surface area contributed by atoms with Crippen molar-refractivity contribution in [3.8, 4) is 0 Å². The van der Waals surface area contributed by atoms with E-state index in [0.717, 1.165) is 38.4 Å². The minimum Gasteiger partial charge on any atom is -0.376 e. The van der Waals surface area contributed by atoms with Crippen LogP contribution < -0.4 is 4.90 Å². The average molecular weight is 360 g/mol. The van der Waals surface area contributed by atoms with Gasteiger partial charge < -0.3 is 19.3 Å². The smallest absolute Gasteiger partial charge is 0.256 e. The molecule has 1 amide bonds. The third-order valence-corrected chi connectivity index (χ3v) is 4.95. The number of carbonyl (C=O) groups is 1. The average Bonchev–Trinajstić information content (AvgIpc) is 3.18. The summed E-state index contributed by atoms with van der Waals surface area (Å²) in [6.45, 7) is 4.31. The molecule has 140 valence electrons. The number of rotatable bonds is 5. The fourth-order valence-corrected chi connectivity index (χ4v) is 3.48. The van der Waals surface area contributed by atoms with Crippen LogP contribution in [0.4, 0.5) is 5.82 Å². The van der Waals surface area contributed by atoms with E-state index in [2.05, 4.69) is 20.1 Å². The standard InChI is InChI=1S/C17H24N6O3/c24-16(12-25-11-14-3-1-2-10-26-14)22-8-6-21(7-9-22)15-4-5-18-17-20-19-13-23(15)17/h4-5,13-14H,1-3,6-12H2. The van der Waals surface area contributed by atoms with E-state index in [-0.39, 0.29) is 18.6 Å². The lowest BCUT2D eigenvalue weighted by Gasteiger charge is -2.36. The first-order valence-electron chi connectivity index (χ1n) is 9.18. The highest BCUT2D eigenvalue weighted by Gasteiger charge is 2.23. The maximum absolute atomic E-state index is 12.4. The van der Waals surface area contributed by atoms with Crippen LogP contribution in [-0.2, 0) is 14.3 Å². The molecular formula is C17H24N6O3. The second-order valence-corrected chi connectivity index (χ2v) is 6.68. The van der Waals surface area contributed by atoms with Crippen LogP contribution in [0.25, 0.3) is 5.78 Å². The molecule has 0 N–H and O–H groups in total. The topological polar surface area (TPSA) is 85.1 Å². The van der Waals surface area contributed by atoms with E-state index < -0.39 is 0 Å². The number of fused-ring (bicyclic) bond motifs is 1. The Bertz CT molecular complexity index is 737. The zero-order valence-corrected chi connectivity index (χ0v) is 14.8. The number of piperazine rings is 1. The van der Waals surface area contributed by atoms with Crippen LogP contribution in [0.1, 0.15) is 19.3 Å². The van der Waals surface area contributed by atoms with E-state index in [1.807, 2.05) is 15.4 Å². The Morgan fingerprint density at radius 3 is 2.96 bits per heavy atom. The molecule has 2 aromatic heterocycles. The number of hydrogen-bond donors (Lipinski definition) is 0. The lowest BCUT2D eigenvalue weighted by atomic mass is 10.1. The van der Waals surface area contributed by atoms with E-state index in [0.29, 0.717) is 25.5 Å². The first-order valence-corrected chi connectivity index (χ1v) is 9.18. The minimum absolute atomic E-state index is 0.0460. The van der Waals surface area contributed by atoms with Crippen molar-refractivity contribution in [2.24, 2.45) is 0 Å². The summed E-state index contributed by atoms with van der Waals surface area (Å²) in [6.07, 6.45) is 6.87. The monoisotopic (exact) mass is 360 g/mol. The van der Waals surface area contributed by atoms with Crippen LogP contribution in [-0.4, -0.2) is 82.5 Å². The van der Waals surface area contributed by atoms with E-state index in [1.165, 1.54) is 6.42 Å². The second-order valence-electron chi connectivity index (χ2n) is 6.68. The van der Waals surface area contributed by atoms with Gasteiger partial charge in [0.25, 0.3) is 5.78 Å². The normalized spacial score (nSPS) is 21.3. The summed E-state index contributed by atoms with van der Waals surface area (Å²) in [7, 11) is 0. The number of anilines is 1. The van der Waals surface area contributed by atoms with E-state index in [9.17, 15) is 4.79 Å². The molecule has 2 aromatic rings. The van der Waals surface area contributed by atoms with Gasteiger partial charge in [0, 0.05) is 39.0 Å². The second kappa shape index (κ2) is 7.96. The molecule has 26 heavy (non-hydrogen) atoms. The Kier molecular flexibility index (Phi) is 5.26. The van der Waals surface area contributed by atoms with Crippen molar-refractivity contribution in [1.82, 2.24) is 24.5 Å². The molecule has 4 heterocycles. The van der Waals surface area contributed by atoms with Gasteiger partial charge in [0.15, 0.2) is 0 Å². The van der Waals surface area contributed by atoms with Crippen molar-refractivity contribution in [2.75, 3.05) is 50.9 Å². The molecule has 0 saturated carbocycles. The number of amides is 1. The molecule has 2 aliphatic heterocycles. The van der Waals surface area contributed by atoms with Gasteiger partial charge in [-0.3, -0.25) is 9.20 Å². The summed E-state index contributed by atoms with van der Waals surface area (Å²) in [5.74, 6) is 1.63. The third kappa shape index (κ3) is 3.78. The maximum atomic E-state index is 12.4. The molecule has 9 heteroatoms. The van der Waals surface area contributed by atoms with Crippen molar-refractivity contribution in [3.05, 3.63) is 18.6 Å². The molecular weight excluding hydrogens is 336 g/mol. The minimum atomic E-state index is 0.0460. The molecule has 2 fully saturated rings. The summed E-state index contributed by atoms with van der Waals surface area (Å²) in [5, 5.41) is 7.88. The summed E-state index contributed by atoms with van der Waals surface area (Å²) in [5.41, 5.74) is 0. The van der Waals surface area contributed by atoms with Crippen molar-refractivity contribution in [2.45, 2.75) is 25.4 Å². The van der Waals surface area contributed by atoms with Crippen LogP contribution in [0.15, 0.2) is 18.6 Å². The fraction of sp³-hybridized carbons (Fsp3) is 0.647. The van der Waals surface area contributed by atoms with Crippen LogP contribution in [0.5, 0.6) is 0 Å². The number of aromatic nitrogens is 4. The summed E-state index contributed by atoms with van der Waals surface area (Å²) in [4.78, 5) is 20.6. The van der Waals surface area contributed by atoms with Crippen LogP contribution in [0.2, 0.25) is 0 Å². The third-order valence-electron chi connectivity index (χ3n) is 4.95. The first-order chi connectivity index (χ1) is 12.8. The Morgan fingerprint density at radius 2 is 2.15 bits per heavy atom. The van der Waals surface area contributed by atoms with Crippen LogP contribution >= 0.6 is 0 Å². The van der Waals surface area contributed by atoms with Gasteiger partial charge in [-0.25, -0.2) is 4.98 Å². The number of ether oxygens (including phenoxy) is 2. The quantitative estimate of drug-likeness (QED) is 0.761. The molecule has 0 spiro atoms. The van der Waals surface area contributed by atoms with Gasteiger partial charge >= 0.3 is 0 Å². The summed E-state index contributed by atoms with van der Waals surface area (Å²) >= 11 is 0. The van der Waals surface area contributed by atoms with Crippen molar-refractivity contribution < 1.29 is 14.3 Å². The molecule has 4 rings (SSSR count). The number of nitrogens with zero attached hydrogens (tertiary/aromatic N) is 6. The number of carbonyl (C=O) groups excluding carboxylic acids is 1. The SMILES string of the molecule is O=C(COCC1CCCCO1)N1CCN(c2ccnc3nncn23)CC1. The van der Waals surface area contributed by atoms with E-state index in [4.69, 9.17) is 9.47 Å². The van der Waals surface area contributed by atoms with Gasteiger partial charge in [0.1, 0.15) is 18.8 Å². The highest BCUT2D eigenvalue weighted by molar-refractivity contribution is 5.77. The van der Waals surface area contributed by atoms with Crippen LogP contribution in [0.3, 0.4) is 0 Å². The lowest BCUT2D eigenvalue weighted by Crippen LogP contribution is -2.50. The molecule has 9 nitrogen and oxygen atoms in total. The highest BCUT2D eigenvalue weighted by atomic mass is 16.5. The van der Waals surface area contributed by atoms with Crippen LogP contribution in [0, 0.1) is 0 Å². The lowest BCUT2D eigenvalue weighted by molar-refractivity contribution is -0.138. The molecule has 0 radical (unpaired) electrons. The van der Waals surface area contributed by atoms with E-state index >= 15 is 0 Å². The first kappa shape index (κ1) is 17.2. The van der Waals surface area contributed by atoms with Gasteiger partial charge in [-0.1, -0.05) is 0 Å². The Hall–Kier alpha value is -2.26. The molecule has 0 aromatic carbocycles. The van der Waals surface area contributed by atoms with Gasteiger partial charge in [-0.05, 0) is 25.3 Å². The fourth-order valence-electron chi connectivity index (χ4n) is 3.48. The summed E-state index contributed by atoms with van der Waals surface area (Å²) < 4.78 is 13.1. The van der Waals surface area contributed by atoms with Gasteiger partial charge in [0.05, 0.1) is 12.7 Å². The molecule has 2 aliphatic rings. The molecule has 1 unspecified atom stereocenters. The Balaban J connectivity index is 1.25. The molecule has 0 aliphatic carbocycles. The highest BCUT2D eigenvalue weighted by Crippen LogP contribution is 2.17. The van der Waals surface area contributed by atoms with Crippen molar-refractivity contribution >= 4 is 17.5 Å². The molecule has 2 saturated heterocycles.